The first kappa shape index (κ1) is 34.3. The number of unbranched alkanes of at least 4 members (excludes halogenated alkanes) is 3. The summed E-state index contributed by atoms with van der Waals surface area (Å²) in [4.78, 5) is 27.2. The lowest BCUT2D eigenvalue weighted by Crippen LogP contribution is -2.42. The van der Waals surface area contributed by atoms with Gasteiger partial charge in [-0.1, -0.05) is 55.3 Å². The number of hydrogen-bond acceptors (Lipinski definition) is 5. The number of carbonyl (C=O) groups excluding carboxylic acids is 2. The Balaban J connectivity index is 0.00000484. The molecule has 1 atom stereocenters. The number of hydrogen-bond donors (Lipinski definition) is 4. The summed E-state index contributed by atoms with van der Waals surface area (Å²) in [5, 5.41) is 16.2. The molecule has 1 unspecified atom stereocenters. The highest BCUT2D eigenvalue weighted by Crippen LogP contribution is 2.19. The molecule has 2 heterocycles. The van der Waals surface area contributed by atoms with Gasteiger partial charge >= 0.3 is 0 Å². The van der Waals surface area contributed by atoms with Crippen LogP contribution in [0.5, 0.6) is 0 Å². The van der Waals surface area contributed by atoms with Crippen LogP contribution in [0.3, 0.4) is 0 Å². The van der Waals surface area contributed by atoms with E-state index < -0.39 is 0 Å². The van der Waals surface area contributed by atoms with Crippen molar-refractivity contribution in [2.45, 2.75) is 83.1 Å². The van der Waals surface area contributed by atoms with Crippen LogP contribution in [0.2, 0.25) is 0 Å². The molecule has 0 radical (unpaired) electrons. The molecule has 7 nitrogen and oxygen atoms in total. The van der Waals surface area contributed by atoms with Crippen LogP contribution in [0.15, 0.2) is 42.5 Å². The molecule has 0 aromatic heterocycles. The van der Waals surface area contributed by atoms with Crippen molar-refractivity contribution in [3.63, 3.8) is 0 Å². The quantitative estimate of drug-likeness (QED) is 0.196. The van der Waals surface area contributed by atoms with Gasteiger partial charge in [0.15, 0.2) is 0 Å². The summed E-state index contributed by atoms with van der Waals surface area (Å²) in [5.41, 5.74) is 1.07. The maximum atomic E-state index is 12.7. The van der Waals surface area contributed by atoms with Gasteiger partial charge in [-0.05, 0) is 99.8 Å². The predicted octanol–water partition coefficient (Wildman–Crippen LogP) is 4.82. The van der Waals surface area contributed by atoms with Crippen molar-refractivity contribution in [3.05, 3.63) is 48.0 Å². The number of amides is 2. The Morgan fingerprint density at radius 1 is 0.810 bits per heavy atom. The van der Waals surface area contributed by atoms with E-state index in [1.54, 1.807) is 0 Å². The van der Waals surface area contributed by atoms with Gasteiger partial charge in [-0.3, -0.25) is 9.59 Å². The first-order valence-electron chi connectivity index (χ1n) is 16.3. The number of piperidine rings is 2. The molecule has 0 bridgehead atoms. The van der Waals surface area contributed by atoms with Gasteiger partial charge < -0.3 is 26.2 Å². The first-order valence-corrected chi connectivity index (χ1v) is 16.3. The lowest BCUT2D eigenvalue weighted by molar-refractivity contribution is -0.132. The highest BCUT2D eigenvalue weighted by molar-refractivity contribution is 5.90. The fourth-order valence-electron chi connectivity index (χ4n) is 6.21. The highest BCUT2D eigenvalue weighted by Gasteiger charge is 2.22. The minimum Gasteiger partial charge on any atom is -0.356 e. The fourth-order valence-corrected chi connectivity index (χ4v) is 6.21. The predicted molar refractivity (Wildman–Crippen MR) is 176 cm³/mol. The summed E-state index contributed by atoms with van der Waals surface area (Å²) in [6.45, 7) is 8.03. The van der Waals surface area contributed by atoms with Gasteiger partial charge in [-0.15, -0.1) is 12.4 Å². The second kappa shape index (κ2) is 19.9. The number of benzene rings is 2. The molecule has 0 aliphatic carbocycles. The van der Waals surface area contributed by atoms with E-state index in [0.717, 1.165) is 82.3 Å². The number of fused-ring (bicyclic) bond motifs is 1. The van der Waals surface area contributed by atoms with Gasteiger partial charge in [0.05, 0.1) is 6.42 Å². The van der Waals surface area contributed by atoms with Crippen molar-refractivity contribution >= 4 is 35.0 Å². The highest BCUT2D eigenvalue weighted by atomic mass is 35.5. The second-order valence-corrected chi connectivity index (χ2v) is 12.1. The minimum absolute atomic E-state index is 0. The number of nitrogens with zero attached hydrogens (tertiary/aromatic N) is 1. The summed E-state index contributed by atoms with van der Waals surface area (Å²) in [6, 6.07) is 15.0. The van der Waals surface area contributed by atoms with Crippen LogP contribution in [-0.4, -0.2) is 75.1 Å². The maximum Gasteiger partial charge on any atom is 0.224 e. The summed E-state index contributed by atoms with van der Waals surface area (Å²) in [6.07, 6.45) is 12.5. The van der Waals surface area contributed by atoms with Crippen LogP contribution in [0, 0.1) is 5.92 Å². The van der Waals surface area contributed by atoms with Crippen molar-refractivity contribution in [1.29, 1.82) is 0 Å². The van der Waals surface area contributed by atoms with E-state index in [1.165, 1.54) is 44.0 Å². The third kappa shape index (κ3) is 12.2. The van der Waals surface area contributed by atoms with Crippen LogP contribution in [0.25, 0.3) is 10.8 Å². The van der Waals surface area contributed by atoms with E-state index in [1.807, 2.05) is 24.3 Å². The lowest BCUT2D eigenvalue weighted by Gasteiger charge is -2.32. The van der Waals surface area contributed by atoms with Crippen LogP contribution < -0.4 is 21.3 Å². The zero-order valence-corrected chi connectivity index (χ0v) is 26.3. The Bertz CT molecular complexity index is 1050. The summed E-state index contributed by atoms with van der Waals surface area (Å²) < 4.78 is 0. The third-order valence-corrected chi connectivity index (χ3v) is 8.78. The standard InChI is InChI=1S/C34H53N5O2.ClH/c40-33(25-30-13-10-12-29-11-3-4-15-32(29)30)38-22-6-1-2-16-34(41)39-23-17-28(18-24-39)26-35-19-8-9-20-36-27-31-14-5-7-21-37-31;/h3-4,10-13,15,28,31,35-37H,1-2,5-9,14,16-27H2,(H,38,40);1H. The molecule has 2 amide bonds. The van der Waals surface area contributed by atoms with Crippen molar-refractivity contribution in [1.82, 2.24) is 26.2 Å². The van der Waals surface area contributed by atoms with Gasteiger partial charge in [-0.25, -0.2) is 0 Å². The van der Waals surface area contributed by atoms with Crippen molar-refractivity contribution < 1.29 is 9.59 Å². The van der Waals surface area contributed by atoms with E-state index in [9.17, 15) is 9.59 Å². The zero-order chi connectivity index (χ0) is 28.5. The second-order valence-electron chi connectivity index (χ2n) is 12.1. The zero-order valence-electron chi connectivity index (χ0n) is 25.5. The Morgan fingerprint density at radius 2 is 1.55 bits per heavy atom. The number of rotatable bonds is 17. The van der Waals surface area contributed by atoms with Gasteiger partial charge in [0, 0.05) is 38.6 Å². The number of likely N-dealkylation sites (tertiary alicyclic amines) is 1. The Morgan fingerprint density at radius 3 is 2.33 bits per heavy atom. The molecule has 2 aromatic rings. The van der Waals surface area contributed by atoms with Crippen LogP contribution in [-0.2, 0) is 16.0 Å². The molecule has 2 fully saturated rings. The number of nitrogens with one attached hydrogen (secondary N) is 4. The molecular weight excluding hydrogens is 546 g/mol. The van der Waals surface area contributed by atoms with E-state index in [2.05, 4.69) is 44.4 Å². The molecule has 0 spiro atoms. The van der Waals surface area contributed by atoms with Gasteiger partial charge in [0.1, 0.15) is 0 Å². The molecule has 4 rings (SSSR count). The normalized spacial score (nSPS) is 17.6. The van der Waals surface area contributed by atoms with Gasteiger partial charge in [0.2, 0.25) is 11.8 Å². The van der Waals surface area contributed by atoms with Crippen LogP contribution in [0.4, 0.5) is 0 Å². The molecule has 234 valence electrons. The monoisotopic (exact) mass is 599 g/mol. The SMILES string of the molecule is Cl.O=C(Cc1cccc2ccccc12)NCCCCCC(=O)N1CCC(CNCCCCNCC2CCCCN2)CC1. The van der Waals surface area contributed by atoms with Crippen molar-refractivity contribution in [2.24, 2.45) is 5.92 Å². The smallest absolute Gasteiger partial charge is 0.224 e. The van der Waals surface area contributed by atoms with E-state index >= 15 is 0 Å². The van der Waals surface area contributed by atoms with Crippen molar-refractivity contribution in [2.75, 3.05) is 52.4 Å². The summed E-state index contributed by atoms with van der Waals surface area (Å²) in [5.74, 6) is 1.05. The van der Waals surface area contributed by atoms with E-state index in [-0.39, 0.29) is 18.3 Å². The third-order valence-electron chi connectivity index (χ3n) is 8.78. The largest absolute Gasteiger partial charge is 0.356 e. The molecule has 2 aromatic carbocycles. The minimum atomic E-state index is 0. The van der Waals surface area contributed by atoms with Crippen LogP contribution >= 0.6 is 12.4 Å². The molecule has 0 saturated carbocycles. The molecule has 2 saturated heterocycles. The average Bonchev–Trinajstić information content (AvgIpc) is 3.01. The first-order chi connectivity index (χ1) is 20.2. The molecule has 4 N–H and O–H groups in total. The van der Waals surface area contributed by atoms with Crippen molar-refractivity contribution in [3.8, 4) is 0 Å². The molecule has 42 heavy (non-hydrogen) atoms. The maximum absolute atomic E-state index is 12.7. The Kier molecular flexibility index (Phi) is 16.2. The fraction of sp³-hybridized carbons (Fsp3) is 0.647. The Hall–Kier alpha value is -2.19. The van der Waals surface area contributed by atoms with E-state index in [4.69, 9.17) is 0 Å². The molecule has 8 heteroatoms. The number of halogens is 1. The molecule has 2 aliphatic heterocycles. The summed E-state index contributed by atoms with van der Waals surface area (Å²) >= 11 is 0. The molecule has 2 aliphatic rings. The molecular formula is C34H54ClN5O2. The van der Waals surface area contributed by atoms with E-state index in [0.29, 0.717) is 37.3 Å². The topological polar surface area (TPSA) is 85.5 Å². The van der Waals surface area contributed by atoms with Crippen LogP contribution in [0.1, 0.15) is 76.2 Å². The van der Waals surface area contributed by atoms with Gasteiger partial charge in [0.25, 0.3) is 0 Å². The average molecular weight is 600 g/mol. The number of carbonyl (C=O) groups is 2. The Labute approximate surface area is 259 Å². The van der Waals surface area contributed by atoms with Gasteiger partial charge in [-0.2, -0.15) is 0 Å². The lowest BCUT2D eigenvalue weighted by atomic mass is 9.96. The summed E-state index contributed by atoms with van der Waals surface area (Å²) in [7, 11) is 0.